The second-order valence-electron chi connectivity index (χ2n) is 7.71. The van der Waals surface area contributed by atoms with Crippen molar-refractivity contribution in [3.63, 3.8) is 0 Å². The van der Waals surface area contributed by atoms with E-state index in [1.165, 1.54) is 0 Å². The van der Waals surface area contributed by atoms with Crippen molar-refractivity contribution in [1.82, 2.24) is 0 Å². The van der Waals surface area contributed by atoms with Crippen LogP contribution in [0.3, 0.4) is 0 Å². The maximum Gasteiger partial charge on any atom is 0.335 e. The van der Waals surface area contributed by atoms with Crippen LogP contribution in [0.4, 0.5) is 0 Å². The zero-order valence-corrected chi connectivity index (χ0v) is 26.5. The van der Waals surface area contributed by atoms with Crippen LogP contribution in [0.5, 0.6) is 17.2 Å². The number of carbonyl (C=O) groups is 2. The summed E-state index contributed by atoms with van der Waals surface area (Å²) in [5, 5.41) is 48.7. The van der Waals surface area contributed by atoms with Gasteiger partial charge in [-0.2, -0.15) is 0 Å². The largest absolute Gasteiger partial charge is 0.506 e. The molecular formula is C21H19I4NO10. The van der Waals surface area contributed by atoms with Crippen molar-refractivity contribution in [2.75, 3.05) is 0 Å². The lowest BCUT2D eigenvalue weighted by Crippen LogP contribution is -2.61. The van der Waals surface area contributed by atoms with E-state index in [0.29, 0.717) is 24.2 Å². The van der Waals surface area contributed by atoms with Crippen molar-refractivity contribution in [2.24, 2.45) is 5.73 Å². The Bertz CT molecular complexity index is 1120. The molecule has 7 N–H and O–H groups in total. The Hall–Kier alpha value is -0.300. The number of hydrogen-bond acceptors (Lipinski definition) is 10. The zero-order chi connectivity index (χ0) is 26.9. The summed E-state index contributed by atoms with van der Waals surface area (Å²) in [6, 6.07) is 5.75. The molecule has 0 amide bonds. The molecule has 15 heteroatoms. The van der Waals surface area contributed by atoms with E-state index >= 15 is 0 Å². The highest BCUT2D eigenvalue weighted by atomic mass is 127. The topological polar surface area (TPSA) is 189 Å². The normalized spacial score (nSPS) is 24.7. The standard InChI is InChI=1S/C21H19I4NO10/c22-8-4-7(5-9(23)13(8)27)34-17-10(24)1-6(2-11(17)25)3-12(26)20(33)36-21-16(30)14(28)15(29)18(35-21)19(31)32/h1-2,4-5,12,14-16,18,21,27-30H,3,26H2,(H,31,32). The first-order valence-electron chi connectivity index (χ1n) is 10.0. The van der Waals surface area contributed by atoms with Gasteiger partial charge in [-0.1, -0.05) is 0 Å². The molecule has 1 saturated heterocycles. The third-order valence-corrected chi connectivity index (χ3v) is 8.32. The first-order chi connectivity index (χ1) is 16.8. The van der Waals surface area contributed by atoms with E-state index in [2.05, 4.69) is 45.2 Å². The number of rotatable bonds is 7. The molecule has 0 radical (unpaired) electrons. The first-order valence-corrected chi connectivity index (χ1v) is 14.3. The Labute approximate surface area is 259 Å². The SMILES string of the molecule is NC(Cc1cc(I)c(Oc2cc(I)c(O)c(I)c2)c(I)c1)C(=O)OC1OC(C(=O)O)C(O)C(O)C1O. The minimum Gasteiger partial charge on any atom is -0.506 e. The Kier molecular flexibility index (Phi) is 10.7. The molecule has 3 rings (SSSR count). The van der Waals surface area contributed by atoms with Crippen molar-refractivity contribution >= 4 is 102 Å². The van der Waals surface area contributed by atoms with Gasteiger partial charge in [0.1, 0.15) is 35.9 Å². The number of ether oxygens (including phenoxy) is 3. The van der Waals surface area contributed by atoms with Crippen LogP contribution in [0, 0.1) is 14.3 Å². The lowest BCUT2D eigenvalue weighted by atomic mass is 9.99. The lowest BCUT2D eigenvalue weighted by molar-refractivity contribution is -0.286. The van der Waals surface area contributed by atoms with Crippen molar-refractivity contribution in [3.05, 3.63) is 44.1 Å². The van der Waals surface area contributed by atoms with E-state index in [0.717, 1.165) is 7.14 Å². The van der Waals surface area contributed by atoms with Crippen LogP contribution in [-0.4, -0.2) is 74.2 Å². The van der Waals surface area contributed by atoms with Crippen molar-refractivity contribution in [2.45, 2.75) is 43.2 Å². The summed E-state index contributed by atoms with van der Waals surface area (Å²) in [7, 11) is 0. The van der Waals surface area contributed by atoms with Gasteiger partial charge in [-0.25, -0.2) is 4.79 Å². The molecule has 6 atom stereocenters. The number of esters is 1. The Morgan fingerprint density at radius 3 is 2.03 bits per heavy atom. The monoisotopic (exact) mass is 953 g/mol. The first kappa shape index (κ1) is 30.2. The van der Waals surface area contributed by atoms with Gasteiger partial charge < -0.3 is 45.5 Å². The number of phenolic OH excluding ortho intramolecular Hbond substituents is 1. The molecule has 11 nitrogen and oxygen atoms in total. The third-order valence-electron chi connectivity index (χ3n) is 5.07. The van der Waals surface area contributed by atoms with Crippen LogP contribution in [0.1, 0.15) is 5.56 Å². The molecule has 0 saturated carbocycles. The van der Waals surface area contributed by atoms with Crippen LogP contribution >= 0.6 is 90.4 Å². The molecule has 0 aliphatic carbocycles. The summed E-state index contributed by atoms with van der Waals surface area (Å²) in [4.78, 5) is 23.7. The van der Waals surface area contributed by atoms with Crippen molar-refractivity contribution < 1.29 is 49.3 Å². The quantitative estimate of drug-likeness (QED) is 0.176. The number of aromatic hydroxyl groups is 1. The average Bonchev–Trinajstić information content (AvgIpc) is 2.79. The van der Waals surface area contributed by atoms with Gasteiger partial charge in [0, 0.05) is 0 Å². The number of carboxylic acids is 1. The minimum absolute atomic E-state index is 0.0382. The molecule has 2 aromatic rings. The van der Waals surface area contributed by atoms with Gasteiger partial charge in [-0.15, -0.1) is 0 Å². The highest BCUT2D eigenvalue weighted by molar-refractivity contribution is 14.1. The number of carbonyl (C=O) groups excluding carboxylic acids is 1. The molecule has 2 aromatic carbocycles. The van der Waals surface area contributed by atoms with Gasteiger partial charge in [-0.05, 0) is 127 Å². The summed E-state index contributed by atoms with van der Waals surface area (Å²) in [6.07, 6.45) is -9.35. The summed E-state index contributed by atoms with van der Waals surface area (Å²) in [6.45, 7) is 0. The highest BCUT2D eigenvalue weighted by Gasteiger charge is 2.48. The van der Waals surface area contributed by atoms with Crippen molar-refractivity contribution in [1.29, 1.82) is 0 Å². The Morgan fingerprint density at radius 1 is 0.944 bits per heavy atom. The number of nitrogens with two attached hydrogens (primary N) is 1. The maximum atomic E-state index is 12.5. The number of phenols is 1. The molecule has 0 bridgehead atoms. The molecule has 1 fully saturated rings. The molecule has 1 aliphatic heterocycles. The number of aliphatic hydroxyl groups excluding tert-OH is 3. The number of aliphatic hydroxyl groups is 3. The van der Waals surface area contributed by atoms with Gasteiger partial charge >= 0.3 is 11.9 Å². The molecule has 36 heavy (non-hydrogen) atoms. The summed E-state index contributed by atoms with van der Waals surface area (Å²) in [5.41, 5.74) is 6.66. The Morgan fingerprint density at radius 2 is 1.50 bits per heavy atom. The van der Waals surface area contributed by atoms with Crippen LogP contribution in [0.2, 0.25) is 0 Å². The minimum atomic E-state index is -1.90. The van der Waals surface area contributed by atoms with Crippen LogP contribution < -0.4 is 10.5 Å². The molecule has 196 valence electrons. The van der Waals surface area contributed by atoms with E-state index < -0.39 is 48.7 Å². The number of benzene rings is 2. The fourth-order valence-electron chi connectivity index (χ4n) is 3.24. The van der Waals surface area contributed by atoms with Crippen LogP contribution in [-0.2, 0) is 25.5 Å². The second kappa shape index (κ2) is 12.7. The van der Waals surface area contributed by atoms with Gasteiger partial charge in [0.05, 0.1) is 14.3 Å². The summed E-state index contributed by atoms with van der Waals surface area (Å²) >= 11 is 8.19. The van der Waals surface area contributed by atoms with E-state index in [9.17, 15) is 30.0 Å². The van der Waals surface area contributed by atoms with Gasteiger partial charge in [0.2, 0.25) is 6.29 Å². The number of carboxylic acid groups (broad SMARTS) is 1. The molecule has 6 unspecified atom stereocenters. The highest BCUT2D eigenvalue weighted by Crippen LogP contribution is 2.37. The van der Waals surface area contributed by atoms with Gasteiger partial charge in [0.25, 0.3) is 0 Å². The van der Waals surface area contributed by atoms with Crippen LogP contribution in [0.15, 0.2) is 24.3 Å². The molecular weight excluding hydrogens is 934 g/mol. The smallest absolute Gasteiger partial charge is 0.335 e. The van der Waals surface area contributed by atoms with Gasteiger partial charge in [-0.3, -0.25) is 4.79 Å². The summed E-state index contributed by atoms with van der Waals surface area (Å²) in [5.74, 6) is -1.28. The predicted octanol–water partition coefficient (Wildman–Crippen LogP) is 1.91. The fraction of sp³-hybridized carbons (Fsp3) is 0.333. The van der Waals surface area contributed by atoms with Crippen LogP contribution in [0.25, 0.3) is 0 Å². The number of aliphatic carboxylic acids is 1. The zero-order valence-electron chi connectivity index (χ0n) is 17.8. The average molecular weight is 953 g/mol. The third kappa shape index (κ3) is 7.01. The Balaban J connectivity index is 1.69. The maximum absolute atomic E-state index is 12.5. The molecule has 0 aromatic heterocycles. The van der Waals surface area contributed by atoms with Crippen molar-refractivity contribution in [3.8, 4) is 17.2 Å². The number of halogens is 4. The second-order valence-corrected chi connectivity index (χ2v) is 12.4. The van der Waals surface area contributed by atoms with E-state index in [4.69, 9.17) is 25.1 Å². The van der Waals surface area contributed by atoms with E-state index in [1.54, 1.807) is 24.3 Å². The van der Waals surface area contributed by atoms with Gasteiger partial charge in [0.15, 0.2) is 11.9 Å². The molecule has 0 spiro atoms. The molecule has 1 aliphatic rings. The summed E-state index contributed by atoms with van der Waals surface area (Å²) < 4.78 is 18.8. The predicted molar refractivity (Wildman–Crippen MR) is 158 cm³/mol. The van der Waals surface area contributed by atoms with E-state index in [-0.39, 0.29) is 12.2 Å². The lowest BCUT2D eigenvalue weighted by Gasteiger charge is -2.38. The van der Waals surface area contributed by atoms with E-state index in [1.807, 2.05) is 45.2 Å². The number of hydrogen-bond donors (Lipinski definition) is 6. The fourth-order valence-corrected chi connectivity index (χ4v) is 7.06. The molecule has 1 heterocycles.